The number of hydrogen-bond donors (Lipinski definition) is 1. The molecular formula is C20H25ClN2O3S. The number of carbonyl (C=O) groups is 1. The fourth-order valence-corrected chi connectivity index (χ4v) is 4.34. The largest absolute Gasteiger partial charge is 0.324 e. The molecule has 0 fully saturated rings. The third-order valence-corrected chi connectivity index (χ3v) is 5.80. The molecule has 0 aliphatic heterocycles. The maximum atomic E-state index is 12.9. The molecule has 27 heavy (non-hydrogen) atoms. The normalized spacial score (nSPS) is 12.7. The molecule has 2 rings (SSSR count). The van der Waals surface area contributed by atoms with Crippen LogP contribution in [0.15, 0.2) is 42.5 Å². The Hall–Kier alpha value is -2.05. The van der Waals surface area contributed by atoms with Gasteiger partial charge in [0, 0.05) is 10.7 Å². The lowest BCUT2D eigenvalue weighted by molar-refractivity contribution is -0.116. The first-order valence-corrected chi connectivity index (χ1v) is 10.9. The van der Waals surface area contributed by atoms with E-state index in [-0.39, 0.29) is 5.92 Å². The van der Waals surface area contributed by atoms with Crippen molar-refractivity contribution in [2.75, 3.05) is 15.9 Å². The van der Waals surface area contributed by atoms with Gasteiger partial charge in [-0.3, -0.25) is 9.10 Å². The third kappa shape index (κ3) is 5.02. The average molecular weight is 409 g/mol. The highest BCUT2D eigenvalue weighted by Gasteiger charge is 2.30. The Kier molecular flexibility index (Phi) is 6.54. The van der Waals surface area contributed by atoms with Crippen LogP contribution < -0.4 is 9.62 Å². The standard InChI is InChI=1S/C20H25ClN2O3S/c1-13(2)18-11-6-8-14(3)19(18)22-20(24)15(4)23(27(5,25)26)17-10-7-9-16(21)12-17/h6-13,15H,1-5H3,(H,22,24). The molecule has 0 aromatic heterocycles. The molecule has 0 saturated heterocycles. The minimum atomic E-state index is -3.69. The van der Waals surface area contributed by atoms with E-state index < -0.39 is 22.0 Å². The van der Waals surface area contributed by atoms with Crippen molar-refractivity contribution in [2.45, 2.75) is 39.7 Å². The number of anilines is 2. The molecule has 146 valence electrons. The van der Waals surface area contributed by atoms with Gasteiger partial charge in [0.1, 0.15) is 6.04 Å². The molecule has 0 bridgehead atoms. The summed E-state index contributed by atoms with van der Waals surface area (Å²) < 4.78 is 25.9. The number of halogens is 1. The molecular weight excluding hydrogens is 384 g/mol. The predicted octanol–water partition coefficient (Wildman–Crippen LogP) is 4.57. The van der Waals surface area contributed by atoms with Crippen LogP contribution in [0.1, 0.15) is 37.8 Å². The Labute approximate surface area is 166 Å². The minimum Gasteiger partial charge on any atom is -0.324 e. The minimum absolute atomic E-state index is 0.217. The van der Waals surface area contributed by atoms with Crippen LogP contribution in [0.5, 0.6) is 0 Å². The zero-order valence-corrected chi connectivity index (χ0v) is 17.7. The molecule has 2 aromatic rings. The van der Waals surface area contributed by atoms with E-state index in [0.717, 1.165) is 27.4 Å². The molecule has 7 heteroatoms. The van der Waals surface area contributed by atoms with Crippen molar-refractivity contribution in [2.24, 2.45) is 0 Å². The second-order valence-electron chi connectivity index (χ2n) is 6.90. The number of nitrogens with one attached hydrogen (secondary N) is 1. The number of benzene rings is 2. The fraction of sp³-hybridized carbons (Fsp3) is 0.350. The summed E-state index contributed by atoms with van der Waals surface area (Å²) >= 11 is 6.01. The summed E-state index contributed by atoms with van der Waals surface area (Å²) in [6.07, 6.45) is 1.07. The number of carbonyl (C=O) groups excluding carboxylic acids is 1. The molecule has 0 aliphatic carbocycles. The predicted molar refractivity (Wildman–Crippen MR) is 112 cm³/mol. The van der Waals surface area contributed by atoms with Crippen LogP contribution in [0, 0.1) is 6.92 Å². The van der Waals surface area contributed by atoms with Crippen LogP contribution in [0.2, 0.25) is 5.02 Å². The van der Waals surface area contributed by atoms with Gasteiger partial charge < -0.3 is 5.32 Å². The van der Waals surface area contributed by atoms with Crippen molar-refractivity contribution in [3.05, 3.63) is 58.6 Å². The number of sulfonamides is 1. The molecule has 0 radical (unpaired) electrons. The number of nitrogens with zero attached hydrogens (tertiary/aromatic N) is 1. The van der Waals surface area contributed by atoms with E-state index in [1.54, 1.807) is 25.1 Å². The Morgan fingerprint density at radius 1 is 1.11 bits per heavy atom. The van der Waals surface area contributed by atoms with Crippen molar-refractivity contribution in [3.8, 4) is 0 Å². The summed E-state index contributed by atoms with van der Waals surface area (Å²) in [5.41, 5.74) is 3.00. The summed E-state index contributed by atoms with van der Waals surface area (Å²) in [6, 6.07) is 11.3. The van der Waals surface area contributed by atoms with E-state index in [0.29, 0.717) is 10.7 Å². The molecule has 0 heterocycles. The Balaban J connectivity index is 2.40. The maximum absolute atomic E-state index is 12.9. The molecule has 1 unspecified atom stereocenters. The molecule has 0 spiro atoms. The Morgan fingerprint density at radius 3 is 2.30 bits per heavy atom. The maximum Gasteiger partial charge on any atom is 0.248 e. The highest BCUT2D eigenvalue weighted by Crippen LogP contribution is 2.29. The van der Waals surface area contributed by atoms with Gasteiger partial charge in [-0.2, -0.15) is 0 Å². The SMILES string of the molecule is Cc1cccc(C(C)C)c1NC(=O)C(C)N(c1cccc(Cl)c1)S(C)(=O)=O. The number of rotatable bonds is 6. The van der Waals surface area contributed by atoms with Gasteiger partial charge >= 0.3 is 0 Å². The van der Waals surface area contributed by atoms with E-state index in [1.807, 2.05) is 39.0 Å². The lowest BCUT2D eigenvalue weighted by atomic mass is 9.98. The molecule has 1 amide bonds. The summed E-state index contributed by atoms with van der Waals surface area (Å²) in [6.45, 7) is 7.56. The molecule has 0 saturated carbocycles. The van der Waals surface area contributed by atoms with Crippen LogP contribution in [0.4, 0.5) is 11.4 Å². The van der Waals surface area contributed by atoms with Crippen LogP contribution in [0.25, 0.3) is 0 Å². The fourth-order valence-electron chi connectivity index (χ4n) is 2.99. The van der Waals surface area contributed by atoms with Crippen molar-refractivity contribution in [1.29, 1.82) is 0 Å². The van der Waals surface area contributed by atoms with Gasteiger partial charge in [0.15, 0.2) is 0 Å². The second kappa shape index (κ2) is 8.31. The van der Waals surface area contributed by atoms with Crippen molar-refractivity contribution >= 4 is 38.9 Å². The van der Waals surface area contributed by atoms with Crippen LogP contribution in [0.3, 0.4) is 0 Å². The first-order chi connectivity index (χ1) is 12.5. The first-order valence-electron chi connectivity index (χ1n) is 8.67. The van der Waals surface area contributed by atoms with E-state index in [1.165, 1.54) is 6.07 Å². The van der Waals surface area contributed by atoms with Gasteiger partial charge in [-0.15, -0.1) is 0 Å². The lowest BCUT2D eigenvalue weighted by Crippen LogP contribution is -2.45. The average Bonchev–Trinajstić information content (AvgIpc) is 2.55. The van der Waals surface area contributed by atoms with Gasteiger partial charge in [0.2, 0.25) is 15.9 Å². The number of amides is 1. The highest BCUT2D eigenvalue weighted by molar-refractivity contribution is 7.92. The molecule has 1 atom stereocenters. The summed E-state index contributed by atoms with van der Waals surface area (Å²) in [7, 11) is -3.69. The number of para-hydroxylation sites is 1. The monoisotopic (exact) mass is 408 g/mol. The Morgan fingerprint density at radius 2 is 1.74 bits per heavy atom. The van der Waals surface area contributed by atoms with Crippen LogP contribution in [-0.4, -0.2) is 26.6 Å². The van der Waals surface area contributed by atoms with Crippen molar-refractivity contribution in [1.82, 2.24) is 0 Å². The van der Waals surface area contributed by atoms with Crippen molar-refractivity contribution < 1.29 is 13.2 Å². The highest BCUT2D eigenvalue weighted by atomic mass is 35.5. The van der Waals surface area contributed by atoms with Gasteiger partial charge in [-0.05, 0) is 49.1 Å². The van der Waals surface area contributed by atoms with Crippen LogP contribution >= 0.6 is 11.6 Å². The second-order valence-corrected chi connectivity index (χ2v) is 9.19. The smallest absolute Gasteiger partial charge is 0.248 e. The van der Waals surface area contributed by atoms with E-state index in [9.17, 15) is 13.2 Å². The first kappa shape index (κ1) is 21.3. The Bertz CT molecular complexity index is 942. The van der Waals surface area contributed by atoms with E-state index >= 15 is 0 Å². The summed E-state index contributed by atoms with van der Waals surface area (Å²) in [5, 5.41) is 3.32. The van der Waals surface area contributed by atoms with Gasteiger partial charge in [0.05, 0.1) is 11.9 Å². The third-order valence-electron chi connectivity index (χ3n) is 4.33. The quantitative estimate of drug-likeness (QED) is 0.761. The summed E-state index contributed by atoms with van der Waals surface area (Å²) in [4.78, 5) is 12.9. The summed E-state index contributed by atoms with van der Waals surface area (Å²) in [5.74, 6) is -0.189. The molecule has 2 aromatic carbocycles. The van der Waals surface area contributed by atoms with E-state index in [4.69, 9.17) is 11.6 Å². The molecule has 0 aliphatic rings. The van der Waals surface area contributed by atoms with Gasteiger partial charge in [-0.25, -0.2) is 8.42 Å². The topological polar surface area (TPSA) is 66.5 Å². The number of aryl methyl sites for hydroxylation is 1. The van der Waals surface area contributed by atoms with Gasteiger partial charge in [-0.1, -0.05) is 49.7 Å². The van der Waals surface area contributed by atoms with Crippen LogP contribution in [-0.2, 0) is 14.8 Å². The zero-order chi connectivity index (χ0) is 20.4. The van der Waals surface area contributed by atoms with E-state index in [2.05, 4.69) is 5.32 Å². The van der Waals surface area contributed by atoms with Crippen molar-refractivity contribution in [3.63, 3.8) is 0 Å². The zero-order valence-electron chi connectivity index (χ0n) is 16.2. The lowest BCUT2D eigenvalue weighted by Gasteiger charge is -2.29. The van der Waals surface area contributed by atoms with Gasteiger partial charge in [0.25, 0.3) is 0 Å². The molecule has 5 nitrogen and oxygen atoms in total. The molecule has 1 N–H and O–H groups in total. The number of hydrogen-bond acceptors (Lipinski definition) is 3.